The first kappa shape index (κ1) is 10.7. The molecule has 0 aliphatic rings. The summed E-state index contributed by atoms with van der Waals surface area (Å²) >= 11 is 5.76. The van der Waals surface area contributed by atoms with Crippen molar-refractivity contribution in [3.8, 4) is 0 Å². The van der Waals surface area contributed by atoms with Crippen LogP contribution in [0.3, 0.4) is 0 Å². The first-order valence-corrected chi connectivity index (χ1v) is 5.01. The number of halogens is 1. The molecule has 82 valence electrons. The van der Waals surface area contributed by atoms with Crippen molar-refractivity contribution in [3.05, 3.63) is 47.0 Å². The van der Waals surface area contributed by atoms with E-state index in [0.717, 1.165) is 5.56 Å². The van der Waals surface area contributed by atoms with Crippen molar-refractivity contribution in [2.45, 2.75) is 6.92 Å². The molecule has 5 heteroatoms. The van der Waals surface area contributed by atoms with Gasteiger partial charge in [0.05, 0.1) is 11.3 Å². The Morgan fingerprint density at radius 1 is 1.56 bits per heavy atom. The molecule has 0 saturated carbocycles. The number of anilines is 1. The fraction of sp³-hybridized carbons (Fsp3) is 0.0909. The van der Waals surface area contributed by atoms with Crippen molar-refractivity contribution in [1.29, 1.82) is 0 Å². The van der Waals surface area contributed by atoms with Crippen molar-refractivity contribution in [1.82, 2.24) is 4.98 Å². The number of nitrogens with one attached hydrogen (secondary N) is 1. The number of amides is 1. The number of pyridine rings is 1. The maximum atomic E-state index is 11.6. The summed E-state index contributed by atoms with van der Waals surface area (Å²) in [5.74, 6) is 0.393. The van der Waals surface area contributed by atoms with Gasteiger partial charge < -0.3 is 9.73 Å². The minimum Gasteiger partial charge on any atom is -0.459 e. The van der Waals surface area contributed by atoms with Crippen molar-refractivity contribution in [3.63, 3.8) is 0 Å². The standard InChI is InChI=1S/C11H9ClN2O2/c1-7-5-8(12)6-13-10(7)14-11(15)9-3-2-4-16-9/h2-6H,1H3,(H,13,14,15). The predicted octanol–water partition coefficient (Wildman–Crippen LogP) is 2.89. The van der Waals surface area contributed by atoms with Crippen LogP contribution in [-0.2, 0) is 0 Å². The van der Waals surface area contributed by atoms with E-state index in [4.69, 9.17) is 16.0 Å². The summed E-state index contributed by atoms with van der Waals surface area (Å²) in [6.07, 6.45) is 2.92. The lowest BCUT2D eigenvalue weighted by atomic mass is 10.3. The van der Waals surface area contributed by atoms with Gasteiger partial charge in [-0.15, -0.1) is 0 Å². The lowest BCUT2D eigenvalue weighted by Gasteiger charge is -2.05. The second kappa shape index (κ2) is 4.37. The fourth-order valence-corrected chi connectivity index (χ4v) is 1.46. The first-order chi connectivity index (χ1) is 7.66. The summed E-state index contributed by atoms with van der Waals surface area (Å²) in [5.41, 5.74) is 0.799. The van der Waals surface area contributed by atoms with Crippen molar-refractivity contribution in [2.75, 3.05) is 5.32 Å². The van der Waals surface area contributed by atoms with Crippen molar-refractivity contribution >= 4 is 23.3 Å². The number of hydrogen-bond acceptors (Lipinski definition) is 3. The Balaban J connectivity index is 2.18. The first-order valence-electron chi connectivity index (χ1n) is 4.64. The molecule has 16 heavy (non-hydrogen) atoms. The molecule has 0 atom stereocenters. The average Bonchev–Trinajstić information content (AvgIpc) is 2.75. The van der Waals surface area contributed by atoms with E-state index in [0.29, 0.717) is 10.8 Å². The Morgan fingerprint density at radius 2 is 2.38 bits per heavy atom. The zero-order valence-corrected chi connectivity index (χ0v) is 9.28. The molecule has 0 aliphatic heterocycles. The minimum absolute atomic E-state index is 0.246. The molecule has 0 aliphatic carbocycles. The summed E-state index contributed by atoms with van der Waals surface area (Å²) < 4.78 is 4.97. The highest BCUT2D eigenvalue weighted by Gasteiger charge is 2.10. The van der Waals surface area contributed by atoms with Gasteiger partial charge in [-0.3, -0.25) is 4.79 Å². The van der Waals surface area contributed by atoms with Crippen LogP contribution in [0.5, 0.6) is 0 Å². The number of hydrogen-bond donors (Lipinski definition) is 1. The van der Waals surface area contributed by atoms with E-state index in [9.17, 15) is 4.79 Å². The Labute approximate surface area is 97.2 Å². The van der Waals surface area contributed by atoms with Gasteiger partial charge in [0.1, 0.15) is 5.82 Å². The molecule has 0 fully saturated rings. The maximum absolute atomic E-state index is 11.6. The third-order valence-electron chi connectivity index (χ3n) is 2.02. The van der Waals surface area contributed by atoms with Gasteiger partial charge in [-0.2, -0.15) is 0 Å². The smallest absolute Gasteiger partial charge is 0.292 e. The van der Waals surface area contributed by atoms with Crippen molar-refractivity contribution in [2.24, 2.45) is 0 Å². The van der Waals surface area contributed by atoms with Gasteiger partial charge >= 0.3 is 0 Å². The molecule has 0 saturated heterocycles. The van der Waals surface area contributed by atoms with E-state index in [1.165, 1.54) is 12.5 Å². The number of aryl methyl sites for hydroxylation is 1. The molecular formula is C11H9ClN2O2. The molecule has 1 N–H and O–H groups in total. The molecule has 0 aromatic carbocycles. The van der Waals surface area contributed by atoms with E-state index in [-0.39, 0.29) is 11.7 Å². The SMILES string of the molecule is Cc1cc(Cl)cnc1NC(=O)c1ccco1. The zero-order valence-electron chi connectivity index (χ0n) is 8.53. The Bertz CT molecular complexity index is 509. The monoisotopic (exact) mass is 236 g/mol. The molecule has 2 rings (SSSR count). The largest absolute Gasteiger partial charge is 0.459 e. The van der Waals surface area contributed by atoms with E-state index >= 15 is 0 Å². The summed E-state index contributed by atoms with van der Waals surface area (Å²) in [6.45, 7) is 1.82. The van der Waals surface area contributed by atoms with Crippen LogP contribution >= 0.6 is 11.6 Å². The molecule has 2 heterocycles. The van der Waals surface area contributed by atoms with Crippen LogP contribution in [0.2, 0.25) is 5.02 Å². The summed E-state index contributed by atoms with van der Waals surface area (Å²) in [4.78, 5) is 15.7. The van der Waals surface area contributed by atoms with Crippen molar-refractivity contribution < 1.29 is 9.21 Å². The highest BCUT2D eigenvalue weighted by atomic mass is 35.5. The number of furan rings is 1. The van der Waals surface area contributed by atoms with Crippen LogP contribution in [0.1, 0.15) is 16.1 Å². The van der Waals surface area contributed by atoms with E-state index < -0.39 is 0 Å². The van der Waals surface area contributed by atoms with Gasteiger partial charge in [0.2, 0.25) is 0 Å². The summed E-state index contributed by atoms with van der Waals surface area (Å²) in [7, 11) is 0. The number of carbonyl (C=O) groups excluding carboxylic acids is 1. The Morgan fingerprint density at radius 3 is 3.00 bits per heavy atom. The van der Waals surface area contributed by atoms with Gasteiger partial charge in [-0.05, 0) is 30.7 Å². The Hall–Kier alpha value is -1.81. The van der Waals surface area contributed by atoms with Gasteiger partial charge in [0, 0.05) is 6.20 Å². The number of rotatable bonds is 2. The second-order valence-corrected chi connectivity index (χ2v) is 3.69. The number of aromatic nitrogens is 1. The van der Waals surface area contributed by atoms with Gasteiger partial charge in [0.25, 0.3) is 5.91 Å². The number of nitrogens with zero attached hydrogens (tertiary/aromatic N) is 1. The molecule has 1 amide bonds. The highest BCUT2D eigenvalue weighted by Crippen LogP contribution is 2.16. The van der Waals surface area contributed by atoms with Crippen LogP contribution in [0.25, 0.3) is 0 Å². The minimum atomic E-state index is -0.331. The van der Waals surface area contributed by atoms with Gasteiger partial charge in [-0.1, -0.05) is 11.6 Å². The topological polar surface area (TPSA) is 55.1 Å². The normalized spacial score (nSPS) is 10.1. The van der Waals surface area contributed by atoms with Gasteiger partial charge in [0.15, 0.2) is 5.76 Å². The number of carbonyl (C=O) groups is 1. The molecule has 0 bridgehead atoms. The Kier molecular flexibility index (Phi) is 2.92. The van der Waals surface area contributed by atoms with Crippen LogP contribution < -0.4 is 5.32 Å². The molecular weight excluding hydrogens is 228 g/mol. The summed E-state index contributed by atoms with van der Waals surface area (Å²) in [6, 6.07) is 4.96. The fourth-order valence-electron chi connectivity index (χ4n) is 1.25. The predicted molar refractivity (Wildman–Crippen MR) is 60.6 cm³/mol. The van der Waals surface area contributed by atoms with E-state index in [1.807, 2.05) is 6.92 Å². The van der Waals surface area contributed by atoms with Crippen LogP contribution in [-0.4, -0.2) is 10.9 Å². The van der Waals surface area contributed by atoms with Crippen LogP contribution in [0.4, 0.5) is 5.82 Å². The highest BCUT2D eigenvalue weighted by molar-refractivity contribution is 6.30. The van der Waals surface area contributed by atoms with Gasteiger partial charge in [-0.25, -0.2) is 4.98 Å². The van der Waals surface area contributed by atoms with Crippen LogP contribution in [0.15, 0.2) is 35.1 Å². The molecule has 0 spiro atoms. The molecule has 2 aromatic heterocycles. The molecule has 0 unspecified atom stereocenters. The zero-order chi connectivity index (χ0) is 11.5. The maximum Gasteiger partial charge on any atom is 0.292 e. The summed E-state index contributed by atoms with van der Waals surface area (Å²) in [5, 5.41) is 3.17. The third-order valence-corrected chi connectivity index (χ3v) is 2.23. The molecule has 4 nitrogen and oxygen atoms in total. The molecule has 2 aromatic rings. The second-order valence-electron chi connectivity index (χ2n) is 3.25. The quantitative estimate of drug-likeness (QED) is 0.872. The van der Waals surface area contributed by atoms with E-state index in [2.05, 4.69) is 10.3 Å². The van der Waals surface area contributed by atoms with Crippen LogP contribution in [0, 0.1) is 6.92 Å². The lowest BCUT2D eigenvalue weighted by Crippen LogP contribution is -2.12. The van der Waals surface area contributed by atoms with E-state index in [1.54, 1.807) is 18.2 Å². The molecule has 0 radical (unpaired) electrons. The lowest BCUT2D eigenvalue weighted by molar-refractivity contribution is 0.0996. The third kappa shape index (κ3) is 2.23. The average molecular weight is 237 g/mol.